The molecule has 0 spiro atoms. The van der Waals surface area contributed by atoms with Gasteiger partial charge < -0.3 is 15.5 Å². The Bertz CT molecular complexity index is 993. The van der Waals surface area contributed by atoms with Crippen LogP contribution in [0.25, 0.3) is 0 Å². The van der Waals surface area contributed by atoms with Gasteiger partial charge in [-0.1, -0.05) is 23.9 Å². The van der Waals surface area contributed by atoms with Gasteiger partial charge in [0.25, 0.3) is 0 Å². The number of carbonyl (C=O) groups excluding carboxylic acids is 3. The fourth-order valence-electron chi connectivity index (χ4n) is 3.66. The number of benzene rings is 1. The number of carbonyl (C=O) groups is 3. The fraction of sp³-hybridized carbons (Fsp3) is 0.435. The first-order valence-corrected chi connectivity index (χ1v) is 11.9. The van der Waals surface area contributed by atoms with Crippen LogP contribution in [0.1, 0.15) is 43.0 Å². The van der Waals surface area contributed by atoms with Crippen LogP contribution in [0, 0.1) is 5.92 Å². The van der Waals surface area contributed by atoms with E-state index in [1.165, 1.54) is 18.7 Å². The summed E-state index contributed by atoms with van der Waals surface area (Å²) in [6.45, 7) is 3.00. The number of nitrogens with one attached hydrogen (secondary N) is 2. The molecule has 1 saturated heterocycles. The van der Waals surface area contributed by atoms with E-state index in [4.69, 9.17) is 0 Å². The first-order chi connectivity index (χ1) is 15.5. The van der Waals surface area contributed by atoms with E-state index in [9.17, 15) is 14.4 Å². The third-order valence-corrected chi connectivity index (χ3v) is 6.49. The zero-order chi connectivity index (χ0) is 22.5. The maximum Gasteiger partial charge on any atom is 0.234 e. The molecule has 1 aromatic carbocycles. The van der Waals surface area contributed by atoms with E-state index in [0.717, 1.165) is 38.0 Å². The summed E-state index contributed by atoms with van der Waals surface area (Å²) in [5.74, 6) is 0.855. The summed E-state index contributed by atoms with van der Waals surface area (Å²) in [7, 11) is 0. The number of piperidine rings is 1. The maximum atomic E-state index is 12.4. The largest absolute Gasteiger partial charge is 0.354 e. The normalized spacial score (nSPS) is 18.2. The number of anilines is 2. The van der Waals surface area contributed by atoms with E-state index < -0.39 is 0 Å². The molecule has 2 amide bonds. The Labute approximate surface area is 191 Å². The van der Waals surface area contributed by atoms with Crippen molar-refractivity contribution in [3.8, 4) is 0 Å². The van der Waals surface area contributed by atoms with Crippen LogP contribution < -0.4 is 15.5 Å². The average molecular weight is 454 g/mol. The van der Waals surface area contributed by atoms with Crippen LogP contribution >= 0.6 is 11.8 Å². The molecule has 1 aliphatic carbocycles. The molecule has 0 bridgehead atoms. The van der Waals surface area contributed by atoms with Crippen LogP contribution in [-0.4, -0.2) is 52.7 Å². The molecule has 32 heavy (non-hydrogen) atoms. The number of aromatic nitrogens is 2. The summed E-state index contributed by atoms with van der Waals surface area (Å²) in [6, 6.07) is 11.0. The summed E-state index contributed by atoms with van der Waals surface area (Å²) >= 11 is 1.30. The van der Waals surface area contributed by atoms with Crippen LogP contribution in [0.3, 0.4) is 0 Å². The lowest BCUT2D eigenvalue weighted by Gasteiger charge is -2.32. The van der Waals surface area contributed by atoms with E-state index >= 15 is 0 Å². The molecule has 2 heterocycles. The van der Waals surface area contributed by atoms with Gasteiger partial charge >= 0.3 is 0 Å². The number of nitrogens with zero attached hydrogens (tertiary/aromatic N) is 3. The second-order valence-corrected chi connectivity index (χ2v) is 9.27. The topological polar surface area (TPSA) is 104 Å². The molecule has 1 aliphatic heterocycles. The standard InChI is InChI=1S/C23H27N5O3S/c1-15(29)16-4-2-6-19(12-16)24-21(30)14-32-22-10-9-20(26-27-22)28-11-3-5-17(13-28)23(31)25-18-7-8-18/h2,4,6,9-10,12,17-18H,3,5,7-8,11,13-14H2,1H3,(H,24,30)(H,25,31)/t17-/m1/s1. The van der Waals surface area contributed by atoms with Crippen LogP contribution in [-0.2, 0) is 9.59 Å². The molecule has 2 aromatic rings. The van der Waals surface area contributed by atoms with Crippen molar-refractivity contribution in [3.63, 3.8) is 0 Å². The number of thioether (sulfide) groups is 1. The highest BCUT2D eigenvalue weighted by molar-refractivity contribution is 7.99. The van der Waals surface area contributed by atoms with E-state index in [0.29, 0.717) is 28.9 Å². The quantitative estimate of drug-likeness (QED) is 0.468. The van der Waals surface area contributed by atoms with E-state index in [1.54, 1.807) is 24.3 Å². The molecule has 1 atom stereocenters. The Morgan fingerprint density at radius 3 is 2.69 bits per heavy atom. The van der Waals surface area contributed by atoms with Gasteiger partial charge in [-0.25, -0.2) is 0 Å². The van der Waals surface area contributed by atoms with Crippen molar-refractivity contribution in [1.82, 2.24) is 15.5 Å². The number of amides is 2. The molecule has 9 heteroatoms. The number of ketones is 1. The molecule has 2 aliphatic rings. The summed E-state index contributed by atoms with van der Waals surface area (Å²) in [4.78, 5) is 38.2. The molecule has 2 fully saturated rings. The van der Waals surface area contributed by atoms with Gasteiger partial charge in [0.05, 0.1) is 11.7 Å². The molecule has 8 nitrogen and oxygen atoms in total. The Kier molecular flexibility index (Phi) is 7.04. The number of hydrogen-bond acceptors (Lipinski definition) is 7. The number of Topliss-reactive ketones (excluding diaryl/α,β-unsaturated/α-hetero) is 1. The summed E-state index contributed by atoms with van der Waals surface area (Å²) in [5.41, 5.74) is 1.15. The molecule has 0 radical (unpaired) electrons. The van der Waals surface area contributed by atoms with Crippen molar-refractivity contribution >= 4 is 40.9 Å². The highest BCUT2D eigenvalue weighted by Gasteiger charge is 2.30. The lowest BCUT2D eigenvalue weighted by Crippen LogP contribution is -2.44. The first kappa shape index (κ1) is 22.3. The van der Waals surface area contributed by atoms with Gasteiger partial charge in [-0.15, -0.1) is 10.2 Å². The molecule has 1 saturated carbocycles. The number of rotatable bonds is 8. The Morgan fingerprint density at radius 2 is 1.97 bits per heavy atom. The molecule has 0 unspecified atom stereocenters. The zero-order valence-corrected chi connectivity index (χ0v) is 18.9. The predicted octanol–water partition coefficient (Wildman–Crippen LogP) is 2.91. The Morgan fingerprint density at radius 1 is 1.12 bits per heavy atom. The molecular weight excluding hydrogens is 426 g/mol. The maximum absolute atomic E-state index is 12.4. The van der Waals surface area contributed by atoms with Crippen molar-refractivity contribution in [1.29, 1.82) is 0 Å². The third-order valence-electron chi connectivity index (χ3n) is 5.57. The summed E-state index contributed by atoms with van der Waals surface area (Å²) in [6.07, 6.45) is 4.04. The van der Waals surface area contributed by atoms with Crippen LogP contribution in [0.4, 0.5) is 11.5 Å². The van der Waals surface area contributed by atoms with Crippen molar-refractivity contribution in [2.45, 2.75) is 43.7 Å². The Hall–Kier alpha value is -2.94. The van der Waals surface area contributed by atoms with Crippen LogP contribution in [0.15, 0.2) is 41.4 Å². The van der Waals surface area contributed by atoms with E-state index in [1.807, 2.05) is 12.1 Å². The van der Waals surface area contributed by atoms with Crippen LogP contribution in [0.5, 0.6) is 0 Å². The lowest BCUT2D eigenvalue weighted by atomic mass is 9.97. The van der Waals surface area contributed by atoms with E-state index in [-0.39, 0.29) is 29.3 Å². The highest BCUT2D eigenvalue weighted by atomic mass is 32.2. The molecular formula is C23H27N5O3S. The second-order valence-electron chi connectivity index (χ2n) is 8.27. The monoisotopic (exact) mass is 453 g/mol. The van der Waals surface area contributed by atoms with Gasteiger partial charge in [-0.05, 0) is 56.9 Å². The molecule has 4 rings (SSSR count). The molecule has 1 aromatic heterocycles. The van der Waals surface area contributed by atoms with Crippen LogP contribution in [0.2, 0.25) is 0 Å². The van der Waals surface area contributed by atoms with Crippen molar-refractivity contribution in [2.24, 2.45) is 5.92 Å². The minimum atomic E-state index is -0.179. The first-order valence-electron chi connectivity index (χ1n) is 10.9. The third kappa shape index (κ3) is 6.06. The van der Waals surface area contributed by atoms with Gasteiger partial charge in [0.15, 0.2) is 11.6 Å². The van der Waals surface area contributed by atoms with Crippen molar-refractivity contribution < 1.29 is 14.4 Å². The predicted molar refractivity (Wildman–Crippen MR) is 124 cm³/mol. The van der Waals surface area contributed by atoms with Gasteiger partial charge in [0.1, 0.15) is 5.03 Å². The van der Waals surface area contributed by atoms with Gasteiger partial charge in [-0.3, -0.25) is 14.4 Å². The lowest BCUT2D eigenvalue weighted by molar-refractivity contribution is -0.125. The number of hydrogen-bond donors (Lipinski definition) is 2. The SMILES string of the molecule is CC(=O)c1cccc(NC(=O)CSc2ccc(N3CCC[C@@H](C(=O)NC4CC4)C3)nn2)c1. The zero-order valence-electron chi connectivity index (χ0n) is 18.0. The van der Waals surface area contributed by atoms with Gasteiger partial charge in [-0.2, -0.15) is 0 Å². The fourth-order valence-corrected chi connectivity index (χ4v) is 4.27. The van der Waals surface area contributed by atoms with Gasteiger partial charge in [0, 0.05) is 30.4 Å². The highest BCUT2D eigenvalue weighted by Crippen LogP contribution is 2.25. The smallest absolute Gasteiger partial charge is 0.234 e. The Balaban J connectivity index is 1.27. The van der Waals surface area contributed by atoms with E-state index in [2.05, 4.69) is 25.7 Å². The minimum absolute atomic E-state index is 0.00889. The van der Waals surface area contributed by atoms with Crippen molar-refractivity contribution in [3.05, 3.63) is 42.0 Å². The second kappa shape index (κ2) is 10.1. The average Bonchev–Trinajstić information content (AvgIpc) is 3.62. The minimum Gasteiger partial charge on any atom is -0.354 e. The molecule has 168 valence electrons. The van der Waals surface area contributed by atoms with Gasteiger partial charge in [0.2, 0.25) is 11.8 Å². The summed E-state index contributed by atoms with van der Waals surface area (Å²) in [5, 5.41) is 15.1. The van der Waals surface area contributed by atoms with Crippen molar-refractivity contribution in [2.75, 3.05) is 29.1 Å². The summed E-state index contributed by atoms with van der Waals surface area (Å²) < 4.78 is 0. The molecule has 2 N–H and O–H groups in total.